The van der Waals surface area contributed by atoms with Gasteiger partial charge < -0.3 is 5.11 Å². The van der Waals surface area contributed by atoms with Gasteiger partial charge in [-0.15, -0.1) is 5.10 Å². The summed E-state index contributed by atoms with van der Waals surface area (Å²) < 4.78 is 15.7. The van der Waals surface area contributed by atoms with Gasteiger partial charge in [-0.05, 0) is 24.6 Å². The molecule has 0 aliphatic rings. The van der Waals surface area contributed by atoms with Crippen molar-refractivity contribution in [2.75, 3.05) is 5.32 Å². The van der Waals surface area contributed by atoms with Gasteiger partial charge >= 0.3 is 5.97 Å². The van der Waals surface area contributed by atoms with Crippen molar-refractivity contribution in [1.82, 2.24) is 24.5 Å². The Hall–Kier alpha value is -3.27. The SMILES string of the molecule is CC(C(=O)O)n1cc(C(=O)Nc2ncn(Cc3ccc(F)cc3Cl)n2)cn1. The van der Waals surface area contributed by atoms with Crippen molar-refractivity contribution in [2.45, 2.75) is 19.5 Å². The average molecular weight is 393 g/mol. The number of carboxylic acids is 1. The van der Waals surface area contributed by atoms with E-state index in [9.17, 15) is 14.0 Å². The first-order valence-corrected chi connectivity index (χ1v) is 8.13. The number of aliphatic carboxylic acids is 1. The first-order chi connectivity index (χ1) is 12.8. The number of benzene rings is 1. The van der Waals surface area contributed by atoms with Crippen molar-refractivity contribution in [1.29, 1.82) is 0 Å². The highest BCUT2D eigenvalue weighted by atomic mass is 35.5. The lowest BCUT2D eigenvalue weighted by molar-refractivity contribution is -0.140. The molecule has 27 heavy (non-hydrogen) atoms. The number of carbonyl (C=O) groups excluding carboxylic acids is 1. The number of carbonyl (C=O) groups is 2. The van der Waals surface area contributed by atoms with Gasteiger partial charge in [0.2, 0.25) is 5.95 Å². The number of rotatable bonds is 6. The molecular weight excluding hydrogens is 379 g/mol. The normalized spacial score (nSPS) is 12.0. The smallest absolute Gasteiger partial charge is 0.328 e. The Bertz CT molecular complexity index is 1000. The summed E-state index contributed by atoms with van der Waals surface area (Å²) in [4.78, 5) is 27.1. The molecule has 11 heteroatoms. The van der Waals surface area contributed by atoms with Gasteiger partial charge in [-0.25, -0.2) is 18.9 Å². The molecule has 1 amide bonds. The number of carboxylic acid groups (broad SMARTS) is 1. The number of halogens is 2. The number of hydrogen-bond acceptors (Lipinski definition) is 5. The lowest BCUT2D eigenvalue weighted by Crippen LogP contribution is -2.16. The van der Waals surface area contributed by atoms with Crippen LogP contribution in [0.1, 0.15) is 28.9 Å². The molecule has 3 rings (SSSR count). The quantitative estimate of drug-likeness (QED) is 0.664. The van der Waals surface area contributed by atoms with Crippen LogP contribution in [0.4, 0.5) is 10.3 Å². The first-order valence-electron chi connectivity index (χ1n) is 7.75. The predicted molar refractivity (Wildman–Crippen MR) is 93.1 cm³/mol. The van der Waals surface area contributed by atoms with Gasteiger partial charge in [-0.3, -0.25) is 14.8 Å². The van der Waals surface area contributed by atoms with Crippen LogP contribution in [0.15, 0.2) is 36.9 Å². The first kappa shape index (κ1) is 18.5. The molecule has 1 unspecified atom stereocenters. The second kappa shape index (κ2) is 7.54. The molecule has 1 aromatic carbocycles. The molecule has 0 spiro atoms. The largest absolute Gasteiger partial charge is 0.480 e. The molecule has 0 saturated carbocycles. The van der Waals surface area contributed by atoms with Crippen LogP contribution in [0.5, 0.6) is 0 Å². The summed E-state index contributed by atoms with van der Waals surface area (Å²) in [5, 5.41) is 19.7. The molecule has 140 valence electrons. The number of anilines is 1. The summed E-state index contributed by atoms with van der Waals surface area (Å²) in [5.41, 5.74) is 0.811. The summed E-state index contributed by atoms with van der Waals surface area (Å²) in [6, 6.07) is 3.13. The Labute approximate surface area is 157 Å². The van der Waals surface area contributed by atoms with E-state index in [0.717, 1.165) is 0 Å². The number of nitrogens with one attached hydrogen (secondary N) is 1. The maximum Gasteiger partial charge on any atom is 0.328 e. The van der Waals surface area contributed by atoms with Crippen molar-refractivity contribution in [3.8, 4) is 0 Å². The average Bonchev–Trinajstić information content (AvgIpc) is 3.26. The minimum Gasteiger partial charge on any atom is -0.480 e. The molecule has 2 aromatic heterocycles. The van der Waals surface area contributed by atoms with Crippen LogP contribution in [0.3, 0.4) is 0 Å². The molecule has 0 fully saturated rings. The van der Waals surface area contributed by atoms with Gasteiger partial charge in [0, 0.05) is 11.2 Å². The lowest BCUT2D eigenvalue weighted by Gasteiger charge is -2.05. The van der Waals surface area contributed by atoms with Gasteiger partial charge in [-0.1, -0.05) is 17.7 Å². The molecular formula is C16H14ClFN6O3. The highest BCUT2D eigenvalue weighted by Gasteiger charge is 2.17. The van der Waals surface area contributed by atoms with Crippen molar-refractivity contribution in [2.24, 2.45) is 0 Å². The Kier molecular flexibility index (Phi) is 5.17. The Morgan fingerprint density at radius 3 is 2.89 bits per heavy atom. The molecule has 1 atom stereocenters. The van der Waals surface area contributed by atoms with Crippen LogP contribution in [0.2, 0.25) is 5.02 Å². The fourth-order valence-electron chi connectivity index (χ4n) is 2.21. The Balaban J connectivity index is 1.67. The number of hydrogen-bond donors (Lipinski definition) is 2. The van der Waals surface area contributed by atoms with E-state index >= 15 is 0 Å². The molecule has 0 aliphatic carbocycles. The van der Waals surface area contributed by atoms with Gasteiger partial charge in [0.25, 0.3) is 5.91 Å². The minimum atomic E-state index is -1.06. The number of amides is 1. The molecule has 3 aromatic rings. The van der Waals surface area contributed by atoms with Crippen molar-refractivity contribution in [3.05, 3.63) is 58.9 Å². The molecule has 9 nitrogen and oxygen atoms in total. The Morgan fingerprint density at radius 2 is 2.19 bits per heavy atom. The predicted octanol–water partition coefficient (Wildman–Crippen LogP) is 2.21. The van der Waals surface area contributed by atoms with Crippen molar-refractivity contribution in [3.63, 3.8) is 0 Å². The topological polar surface area (TPSA) is 115 Å². The fraction of sp³-hybridized carbons (Fsp3) is 0.188. The summed E-state index contributed by atoms with van der Waals surface area (Å²) in [7, 11) is 0. The monoisotopic (exact) mass is 392 g/mol. The van der Waals surface area contributed by atoms with Gasteiger partial charge in [0.1, 0.15) is 18.2 Å². The minimum absolute atomic E-state index is 0.0530. The maximum atomic E-state index is 13.1. The van der Waals surface area contributed by atoms with E-state index in [2.05, 4.69) is 20.5 Å². The number of nitrogens with zero attached hydrogens (tertiary/aromatic N) is 5. The summed E-state index contributed by atoms with van der Waals surface area (Å²) >= 11 is 5.98. The lowest BCUT2D eigenvalue weighted by atomic mass is 10.2. The van der Waals surface area contributed by atoms with Crippen LogP contribution < -0.4 is 5.32 Å². The fourth-order valence-corrected chi connectivity index (χ4v) is 2.43. The summed E-state index contributed by atoms with van der Waals surface area (Å²) in [5.74, 6) is -1.98. The second-order valence-electron chi connectivity index (χ2n) is 5.68. The van der Waals surface area contributed by atoms with Crippen molar-refractivity contribution >= 4 is 29.4 Å². The van der Waals surface area contributed by atoms with E-state index < -0.39 is 23.7 Å². The standard InChI is InChI=1S/C16H14ClFN6O3/c1-9(15(26)27)24-7-11(5-20-24)14(25)21-16-19-8-23(22-16)6-10-2-3-12(18)4-13(10)17/h2-5,7-9H,6H2,1H3,(H,26,27)(H,21,22,25). The highest BCUT2D eigenvalue weighted by Crippen LogP contribution is 2.18. The van der Waals surface area contributed by atoms with Crippen LogP contribution in [-0.2, 0) is 11.3 Å². The van der Waals surface area contributed by atoms with E-state index in [-0.39, 0.29) is 23.1 Å². The zero-order valence-electron chi connectivity index (χ0n) is 14.0. The van der Waals surface area contributed by atoms with Crippen LogP contribution in [0.25, 0.3) is 0 Å². The molecule has 0 bridgehead atoms. The van der Waals surface area contributed by atoms with Crippen molar-refractivity contribution < 1.29 is 19.1 Å². The van der Waals surface area contributed by atoms with E-state index in [1.807, 2.05) is 0 Å². The van der Waals surface area contributed by atoms with Crippen LogP contribution >= 0.6 is 11.6 Å². The summed E-state index contributed by atoms with van der Waals surface area (Å²) in [6.45, 7) is 1.69. The number of aromatic nitrogens is 5. The molecule has 2 N–H and O–H groups in total. The van der Waals surface area contributed by atoms with Gasteiger partial charge in [-0.2, -0.15) is 5.10 Å². The van der Waals surface area contributed by atoms with Crippen LogP contribution in [-0.4, -0.2) is 41.5 Å². The highest BCUT2D eigenvalue weighted by molar-refractivity contribution is 6.31. The Morgan fingerprint density at radius 1 is 1.41 bits per heavy atom. The molecule has 2 heterocycles. The third kappa shape index (κ3) is 4.29. The molecule has 0 aliphatic heterocycles. The third-order valence-electron chi connectivity index (χ3n) is 3.73. The third-order valence-corrected chi connectivity index (χ3v) is 4.08. The van der Waals surface area contributed by atoms with E-state index in [1.165, 1.54) is 53.2 Å². The second-order valence-corrected chi connectivity index (χ2v) is 6.09. The van der Waals surface area contributed by atoms with E-state index in [0.29, 0.717) is 5.56 Å². The summed E-state index contributed by atoms with van der Waals surface area (Å²) in [6.07, 6.45) is 3.97. The zero-order chi connectivity index (χ0) is 19.6. The molecule has 0 radical (unpaired) electrons. The van der Waals surface area contributed by atoms with E-state index in [1.54, 1.807) is 0 Å². The van der Waals surface area contributed by atoms with Gasteiger partial charge in [0.15, 0.2) is 0 Å². The van der Waals surface area contributed by atoms with E-state index in [4.69, 9.17) is 16.7 Å². The zero-order valence-corrected chi connectivity index (χ0v) is 14.8. The molecule has 0 saturated heterocycles. The van der Waals surface area contributed by atoms with Crippen LogP contribution in [0, 0.1) is 5.82 Å². The van der Waals surface area contributed by atoms with Gasteiger partial charge in [0.05, 0.1) is 18.3 Å². The maximum absolute atomic E-state index is 13.1.